The quantitative estimate of drug-likeness (QED) is 0.301. The molecule has 2 N–H and O–H groups in total. The van der Waals surface area contributed by atoms with Gasteiger partial charge in [0.2, 0.25) is 5.75 Å². The number of rotatable bonds is 9. The van der Waals surface area contributed by atoms with Crippen molar-refractivity contribution in [2.45, 2.75) is 43.1 Å². The topological polar surface area (TPSA) is 110 Å². The van der Waals surface area contributed by atoms with E-state index in [2.05, 4.69) is 10.3 Å². The summed E-state index contributed by atoms with van der Waals surface area (Å²) in [6.45, 7) is 3.59. The van der Waals surface area contributed by atoms with Crippen LogP contribution in [0, 0.1) is 5.92 Å². The molecule has 4 atom stereocenters. The van der Waals surface area contributed by atoms with Crippen LogP contribution in [-0.2, 0) is 10.2 Å². The molecular weight excluding hydrogens is 605 g/mol. The van der Waals surface area contributed by atoms with E-state index < -0.39 is 22.8 Å². The lowest BCUT2D eigenvalue weighted by molar-refractivity contribution is -0.152. The van der Waals surface area contributed by atoms with Crippen molar-refractivity contribution >= 4 is 35.1 Å². The Kier molecular flexibility index (Phi) is 9.30. The number of piperidine rings is 1. The van der Waals surface area contributed by atoms with Crippen LogP contribution in [0.2, 0.25) is 10.0 Å². The second-order valence-corrected chi connectivity index (χ2v) is 12.1. The second-order valence-electron chi connectivity index (χ2n) is 11.3. The number of carbonyl (C=O) groups excluding carboxylic acids is 1. The molecule has 4 unspecified atom stereocenters. The monoisotopic (exact) mass is 641 g/mol. The highest BCUT2D eigenvalue weighted by Gasteiger charge is 2.65. The van der Waals surface area contributed by atoms with Gasteiger partial charge in [0.25, 0.3) is 5.91 Å². The number of ether oxygens (including phenoxy) is 3. The Morgan fingerprint density at radius 1 is 1.07 bits per heavy atom. The van der Waals surface area contributed by atoms with Gasteiger partial charge in [0.1, 0.15) is 5.41 Å². The summed E-state index contributed by atoms with van der Waals surface area (Å²) in [6, 6.07) is 12.1. The summed E-state index contributed by atoms with van der Waals surface area (Å²) in [5.41, 5.74) is -0.754. The Balaban J connectivity index is 1.81. The maximum Gasteiger partial charge on any atom is 0.314 e. The number of methoxy groups -OCH3 is 3. The number of halogens is 2. The summed E-state index contributed by atoms with van der Waals surface area (Å²) in [6.07, 6.45) is 4.65. The minimum Gasteiger partial charge on any atom is -0.493 e. The molecule has 2 saturated heterocycles. The zero-order chi connectivity index (χ0) is 31.6. The van der Waals surface area contributed by atoms with Crippen molar-refractivity contribution < 1.29 is 28.9 Å². The Labute approximate surface area is 267 Å². The number of likely N-dealkylation sites (tertiary alicyclic amines) is 1. The number of aromatic nitrogens is 1. The van der Waals surface area contributed by atoms with Crippen molar-refractivity contribution in [2.75, 3.05) is 41.0 Å². The van der Waals surface area contributed by atoms with Crippen molar-refractivity contribution in [1.29, 1.82) is 0 Å². The molecule has 44 heavy (non-hydrogen) atoms. The van der Waals surface area contributed by atoms with E-state index in [0.29, 0.717) is 56.9 Å². The molecule has 1 amide bonds. The van der Waals surface area contributed by atoms with E-state index in [1.165, 1.54) is 21.3 Å². The van der Waals surface area contributed by atoms with Crippen LogP contribution in [0.4, 0.5) is 0 Å². The van der Waals surface area contributed by atoms with Gasteiger partial charge in [-0.05, 0) is 73.2 Å². The minimum absolute atomic E-state index is 0.0753. The molecule has 234 valence electrons. The average molecular weight is 643 g/mol. The predicted molar refractivity (Wildman–Crippen MR) is 169 cm³/mol. The van der Waals surface area contributed by atoms with E-state index in [4.69, 9.17) is 37.4 Å². The molecule has 0 radical (unpaired) electrons. The van der Waals surface area contributed by atoms with Crippen LogP contribution >= 0.6 is 23.2 Å². The number of carboxylic acids is 1. The van der Waals surface area contributed by atoms with Crippen LogP contribution < -0.4 is 19.5 Å². The van der Waals surface area contributed by atoms with Crippen molar-refractivity contribution in [3.05, 3.63) is 81.6 Å². The van der Waals surface area contributed by atoms with E-state index in [1.54, 1.807) is 42.7 Å². The Morgan fingerprint density at radius 3 is 2.32 bits per heavy atom. The van der Waals surface area contributed by atoms with Crippen LogP contribution in [0.1, 0.15) is 53.6 Å². The Morgan fingerprint density at radius 2 is 1.80 bits per heavy atom. The van der Waals surface area contributed by atoms with E-state index >= 15 is 0 Å². The third-order valence-corrected chi connectivity index (χ3v) is 10.3. The van der Waals surface area contributed by atoms with Gasteiger partial charge >= 0.3 is 5.97 Å². The number of hydrogen-bond donors (Lipinski definition) is 2. The second kappa shape index (κ2) is 12.8. The molecule has 9 nitrogen and oxygen atoms in total. The molecule has 2 aliphatic rings. The molecule has 5 rings (SSSR count). The molecule has 0 saturated carbocycles. The first-order valence-corrected chi connectivity index (χ1v) is 15.4. The van der Waals surface area contributed by atoms with E-state index in [-0.39, 0.29) is 24.8 Å². The molecule has 2 aromatic carbocycles. The van der Waals surface area contributed by atoms with Gasteiger partial charge in [-0.25, -0.2) is 0 Å². The van der Waals surface area contributed by atoms with Crippen LogP contribution in [0.5, 0.6) is 17.2 Å². The maximum atomic E-state index is 14.8. The highest BCUT2D eigenvalue weighted by molar-refractivity contribution is 6.42. The van der Waals surface area contributed by atoms with E-state index in [1.807, 2.05) is 24.0 Å². The van der Waals surface area contributed by atoms with Crippen molar-refractivity contribution in [3.63, 3.8) is 0 Å². The normalized spacial score (nSPS) is 25.0. The van der Waals surface area contributed by atoms with Crippen molar-refractivity contribution in [3.8, 4) is 17.2 Å². The number of aliphatic carboxylic acids is 1. The summed E-state index contributed by atoms with van der Waals surface area (Å²) in [5.74, 6) is -0.934. The van der Waals surface area contributed by atoms with Gasteiger partial charge in [-0.15, -0.1) is 0 Å². The fourth-order valence-electron chi connectivity index (χ4n) is 7.65. The van der Waals surface area contributed by atoms with Gasteiger partial charge in [0.15, 0.2) is 11.5 Å². The van der Waals surface area contributed by atoms with E-state index in [9.17, 15) is 14.7 Å². The van der Waals surface area contributed by atoms with Crippen LogP contribution in [0.25, 0.3) is 0 Å². The largest absolute Gasteiger partial charge is 0.493 e. The van der Waals surface area contributed by atoms with Crippen LogP contribution in [0.3, 0.4) is 0 Å². The number of hydrogen-bond acceptors (Lipinski definition) is 7. The smallest absolute Gasteiger partial charge is 0.314 e. The van der Waals surface area contributed by atoms with E-state index in [0.717, 1.165) is 13.0 Å². The summed E-state index contributed by atoms with van der Waals surface area (Å²) < 4.78 is 16.7. The van der Waals surface area contributed by atoms with Crippen molar-refractivity contribution in [2.24, 2.45) is 5.92 Å². The molecule has 0 spiro atoms. The number of carbonyl (C=O) groups is 2. The van der Waals surface area contributed by atoms with Gasteiger partial charge in [-0.2, -0.15) is 0 Å². The molecule has 11 heteroatoms. The number of nitrogens with one attached hydrogen (secondary N) is 1. The number of benzene rings is 2. The van der Waals surface area contributed by atoms with Crippen LogP contribution in [-0.4, -0.2) is 73.4 Å². The summed E-state index contributed by atoms with van der Waals surface area (Å²) in [4.78, 5) is 34.8. The minimum atomic E-state index is -1.42. The van der Waals surface area contributed by atoms with Gasteiger partial charge in [0, 0.05) is 37.0 Å². The van der Waals surface area contributed by atoms with Crippen LogP contribution in [0.15, 0.2) is 54.9 Å². The van der Waals surface area contributed by atoms with Crippen molar-refractivity contribution in [1.82, 2.24) is 15.2 Å². The number of pyridine rings is 1. The maximum absolute atomic E-state index is 14.8. The Bertz CT molecular complexity index is 1510. The van der Waals surface area contributed by atoms with Gasteiger partial charge in [-0.3, -0.25) is 14.6 Å². The number of amides is 1. The SMILES string of the molecule is CCC1(C2CCNC2)C(c2ccc(Cl)c(Cl)c2)C(C(=O)O)(c2cccnc2)CCN1C(=O)c1cc(OC)c(OC)c(OC)c1. The molecule has 3 aromatic rings. The summed E-state index contributed by atoms with van der Waals surface area (Å²) in [5, 5.41) is 15.4. The zero-order valence-electron chi connectivity index (χ0n) is 25.2. The standard InChI is InChI=1S/C33H37Cl2N3O6/c1-5-33(23-10-13-37-19-23)29(20-8-9-24(34)25(35)15-20)32(31(40)41,22-7-6-12-36-18-22)11-14-38(33)30(39)21-16-26(42-2)28(44-4)27(17-21)43-3/h6-9,12,15-18,23,29,37H,5,10-11,13-14,19H2,1-4H3,(H,40,41). The average Bonchev–Trinajstić information content (AvgIpc) is 3.60. The molecular formula is C33H37Cl2N3O6. The molecule has 0 aliphatic carbocycles. The molecule has 3 heterocycles. The molecule has 0 bridgehead atoms. The highest BCUT2D eigenvalue weighted by Crippen LogP contribution is 2.59. The lowest BCUT2D eigenvalue weighted by Gasteiger charge is -2.61. The fourth-order valence-corrected chi connectivity index (χ4v) is 7.96. The Hall–Kier alpha value is -3.53. The predicted octanol–water partition coefficient (Wildman–Crippen LogP) is 5.82. The fraction of sp³-hybridized carbons (Fsp3) is 0.424. The molecule has 2 aliphatic heterocycles. The van der Waals surface area contributed by atoms with Gasteiger partial charge in [0.05, 0.1) is 36.9 Å². The zero-order valence-corrected chi connectivity index (χ0v) is 26.7. The third-order valence-electron chi connectivity index (χ3n) is 9.55. The highest BCUT2D eigenvalue weighted by atomic mass is 35.5. The molecule has 1 aromatic heterocycles. The van der Waals surface area contributed by atoms with Gasteiger partial charge in [-0.1, -0.05) is 42.3 Å². The lowest BCUT2D eigenvalue weighted by atomic mass is 9.52. The number of carboxylic acid groups (broad SMARTS) is 1. The summed E-state index contributed by atoms with van der Waals surface area (Å²) in [7, 11) is 4.51. The number of nitrogens with zero attached hydrogens (tertiary/aromatic N) is 2. The first-order chi connectivity index (χ1) is 21.2. The first-order valence-electron chi connectivity index (χ1n) is 14.6. The third kappa shape index (κ3) is 5.04. The summed E-state index contributed by atoms with van der Waals surface area (Å²) >= 11 is 13.0. The molecule has 2 fully saturated rings. The van der Waals surface area contributed by atoms with Gasteiger partial charge < -0.3 is 29.5 Å². The lowest BCUT2D eigenvalue weighted by Crippen LogP contribution is -2.69. The first kappa shape index (κ1) is 31.9.